The predicted octanol–water partition coefficient (Wildman–Crippen LogP) is 3.75. The van der Waals surface area contributed by atoms with Gasteiger partial charge in [0.25, 0.3) is 5.91 Å². The third kappa shape index (κ3) is 4.68. The van der Waals surface area contributed by atoms with E-state index in [4.69, 9.17) is 9.47 Å². The Morgan fingerprint density at radius 2 is 1.86 bits per heavy atom. The van der Waals surface area contributed by atoms with E-state index >= 15 is 0 Å². The predicted molar refractivity (Wildman–Crippen MR) is 103 cm³/mol. The summed E-state index contributed by atoms with van der Waals surface area (Å²) in [7, 11) is 1.34. The number of halogens is 1. The van der Waals surface area contributed by atoms with E-state index in [2.05, 4.69) is 17.4 Å². The number of esters is 1. The van der Waals surface area contributed by atoms with E-state index in [1.165, 1.54) is 43.2 Å². The topological polar surface area (TPSA) is 64.6 Å². The summed E-state index contributed by atoms with van der Waals surface area (Å²) in [6.45, 7) is 1.46. The van der Waals surface area contributed by atoms with Crippen LogP contribution in [0.3, 0.4) is 0 Å². The zero-order chi connectivity index (χ0) is 20.1. The molecule has 0 radical (unpaired) electrons. The lowest BCUT2D eigenvalue weighted by Gasteiger charge is -2.20. The Kier molecular flexibility index (Phi) is 6.29. The maximum atomic E-state index is 13.7. The molecule has 1 atom stereocenters. The quantitative estimate of drug-likeness (QED) is 0.770. The summed E-state index contributed by atoms with van der Waals surface area (Å²) in [6, 6.07) is 9.85. The van der Waals surface area contributed by atoms with Crippen LogP contribution >= 0.6 is 0 Å². The third-order valence-corrected chi connectivity index (χ3v) is 4.97. The van der Waals surface area contributed by atoms with Gasteiger partial charge in [0.15, 0.2) is 18.2 Å². The average molecular weight is 385 g/mol. The van der Waals surface area contributed by atoms with E-state index in [0.29, 0.717) is 0 Å². The third-order valence-electron chi connectivity index (χ3n) is 4.97. The zero-order valence-corrected chi connectivity index (χ0v) is 16.1. The standard InChI is InChI=1S/C22H24FNO4/c1-14(16-8-7-15-5-3-4-6-17(15)11-16)24-21(25)13-28-22(26)18-9-10-20(27-2)19(23)12-18/h7-12,14H,3-6,13H2,1-2H3,(H,24,25)/t14-/m1/s1. The summed E-state index contributed by atoms with van der Waals surface area (Å²) in [6.07, 6.45) is 4.60. The van der Waals surface area contributed by atoms with Gasteiger partial charge in [0.1, 0.15) is 0 Å². The Balaban J connectivity index is 1.53. The number of carbonyl (C=O) groups excluding carboxylic acids is 2. The second-order valence-electron chi connectivity index (χ2n) is 6.95. The first kappa shape index (κ1) is 19.9. The number of carbonyl (C=O) groups is 2. The summed E-state index contributed by atoms with van der Waals surface area (Å²) >= 11 is 0. The van der Waals surface area contributed by atoms with Gasteiger partial charge in [-0.2, -0.15) is 0 Å². The molecule has 1 N–H and O–H groups in total. The van der Waals surface area contributed by atoms with Crippen molar-refractivity contribution in [3.63, 3.8) is 0 Å². The molecular weight excluding hydrogens is 361 g/mol. The van der Waals surface area contributed by atoms with Crippen molar-refractivity contribution in [2.45, 2.75) is 38.6 Å². The molecule has 0 unspecified atom stereocenters. The van der Waals surface area contributed by atoms with E-state index in [9.17, 15) is 14.0 Å². The Hall–Kier alpha value is -2.89. The van der Waals surface area contributed by atoms with Crippen molar-refractivity contribution >= 4 is 11.9 Å². The van der Waals surface area contributed by atoms with Gasteiger partial charge in [0, 0.05) is 0 Å². The van der Waals surface area contributed by atoms with E-state index < -0.39 is 24.3 Å². The number of amides is 1. The van der Waals surface area contributed by atoms with Gasteiger partial charge in [-0.3, -0.25) is 4.79 Å². The van der Waals surface area contributed by atoms with Gasteiger partial charge >= 0.3 is 5.97 Å². The van der Waals surface area contributed by atoms with Crippen molar-refractivity contribution < 1.29 is 23.5 Å². The first-order valence-corrected chi connectivity index (χ1v) is 9.39. The first-order chi connectivity index (χ1) is 13.5. The Labute approximate surface area is 163 Å². The average Bonchev–Trinajstić information content (AvgIpc) is 2.71. The van der Waals surface area contributed by atoms with Crippen LogP contribution in [0.2, 0.25) is 0 Å². The van der Waals surface area contributed by atoms with Crippen molar-refractivity contribution in [2.24, 2.45) is 0 Å². The summed E-state index contributed by atoms with van der Waals surface area (Å²) in [5.74, 6) is -1.80. The summed E-state index contributed by atoms with van der Waals surface area (Å²) < 4.78 is 23.5. The molecule has 5 nitrogen and oxygen atoms in total. The maximum absolute atomic E-state index is 13.7. The van der Waals surface area contributed by atoms with Gasteiger partial charge in [0.2, 0.25) is 0 Å². The fraction of sp³-hybridized carbons (Fsp3) is 0.364. The fourth-order valence-electron chi connectivity index (χ4n) is 3.40. The molecule has 0 aromatic heterocycles. The lowest BCUT2D eigenvalue weighted by Crippen LogP contribution is -2.31. The number of hydrogen-bond acceptors (Lipinski definition) is 4. The number of rotatable bonds is 6. The lowest BCUT2D eigenvalue weighted by atomic mass is 9.89. The van der Waals surface area contributed by atoms with Gasteiger partial charge in [-0.1, -0.05) is 18.2 Å². The van der Waals surface area contributed by atoms with E-state index in [-0.39, 0.29) is 17.4 Å². The highest BCUT2D eigenvalue weighted by Crippen LogP contribution is 2.24. The summed E-state index contributed by atoms with van der Waals surface area (Å²) in [4.78, 5) is 24.1. The molecule has 1 amide bonds. The van der Waals surface area contributed by atoms with Crippen LogP contribution in [0.15, 0.2) is 36.4 Å². The SMILES string of the molecule is COc1ccc(C(=O)OCC(=O)N[C@H](C)c2ccc3c(c2)CCCC3)cc1F. The minimum atomic E-state index is -0.766. The Morgan fingerprint density at radius 1 is 1.11 bits per heavy atom. The molecule has 28 heavy (non-hydrogen) atoms. The van der Waals surface area contributed by atoms with Crippen molar-refractivity contribution in [3.05, 3.63) is 64.5 Å². The van der Waals surface area contributed by atoms with Gasteiger partial charge < -0.3 is 14.8 Å². The molecule has 0 fully saturated rings. The Morgan fingerprint density at radius 3 is 2.57 bits per heavy atom. The highest BCUT2D eigenvalue weighted by Gasteiger charge is 2.16. The van der Waals surface area contributed by atoms with Gasteiger partial charge in [-0.05, 0) is 67.5 Å². The molecule has 0 aliphatic heterocycles. The van der Waals surface area contributed by atoms with Gasteiger partial charge in [-0.25, -0.2) is 9.18 Å². The lowest BCUT2D eigenvalue weighted by molar-refractivity contribution is -0.124. The molecule has 3 rings (SSSR count). The molecule has 148 valence electrons. The van der Waals surface area contributed by atoms with Crippen LogP contribution in [0.25, 0.3) is 0 Å². The van der Waals surface area contributed by atoms with E-state index in [1.807, 2.05) is 13.0 Å². The first-order valence-electron chi connectivity index (χ1n) is 9.39. The van der Waals surface area contributed by atoms with E-state index in [0.717, 1.165) is 24.5 Å². The molecule has 1 aliphatic rings. The zero-order valence-electron chi connectivity index (χ0n) is 16.1. The Bertz CT molecular complexity index is 881. The van der Waals surface area contributed by atoms with Gasteiger partial charge in [-0.15, -0.1) is 0 Å². The smallest absolute Gasteiger partial charge is 0.338 e. The number of nitrogens with one attached hydrogen (secondary N) is 1. The highest BCUT2D eigenvalue weighted by molar-refractivity contribution is 5.91. The molecule has 0 saturated heterocycles. The minimum Gasteiger partial charge on any atom is -0.494 e. The maximum Gasteiger partial charge on any atom is 0.338 e. The van der Waals surface area contributed by atoms with Crippen molar-refractivity contribution in [1.29, 1.82) is 0 Å². The van der Waals surface area contributed by atoms with Crippen LogP contribution in [0, 0.1) is 5.82 Å². The van der Waals surface area contributed by atoms with Crippen LogP contribution in [-0.4, -0.2) is 25.6 Å². The highest BCUT2D eigenvalue weighted by atomic mass is 19.1. The number of fused-ring (bicyclic) bond motifs is 1. The molecule has 1 aliphatic carbocycles. The van der Waals surface area contributed by atoms with Crippen molar-refractivity contribution in [3.8, 4) is 5.75 Å². The van der Waals surface area contributed by atoms with Crippen molar-refractivity contribution in [1.82, 2.24) is 5.32 Å². The number of benzene rings is 2. The number of ether oxygens (including phenoxy) is 2. The molecule has 0 saturated carbocycles. The van der Waals surface area contributed by atoms with Crippen LogP contribution in [0.4, 0.5) is 4.39 Å². The molecule has 2 aromatic rings. The monoisotopic (exact) mass is 385 g/mol. The van der Waals surface area contributed by atoms with Crippen LogP contribution < -0.4 is 10.1 Å². The van der Waals surface area contributed by atoms with Crippen LogP contribution in [0.1, 0.15) is 52.9 Å². The molecule has 0 spiro atoms. The normalized spacial score (nSPS) is 14.0. The second kappa shape index (κ2) is 8.87. The van der Waals surface area contributed by atoms with E-state index in [1.54, 1.807) is 0 Å². The number of aryl methyl sites for hydroxylation is 2. The summed E-state index contributed by atoms with van der Waals surface area (Å²) in [5.41, 5.74) is 3.78. The summed E-state index contributed by atoms with van der Waals surface area (Å²) in [5, 5.41) is 2.83. The molecule has 2 aromatic carbocycles. The van der Waals surface area contributed by atoms with Crippen LogP contribution in [-0.2, 0) is 22.4 Å². The molecule has 6 heteroatoms. The van der Waals surface area contributed by atoms with Crippen LogP contribution in [0.5, 0.6) is 5.75 Å². The number of hydrogen-bond donors (Lipinski definition) is 1. The largest absolute Gasteiger partial charge is 0.494 e. The van der Waals surface area contributed by atoms with Gasteiger partial charge in [0.05, 0.1) is 18.7 Å². The van der Waals surface area contributed by atoms with Crippen molar-refractivity contribution in [2.75, 3.05) is 13.7 Å². The second-order valence-corrected chi connectivity index (χ2v) is 6.95. The minimum absolute atomic E-state index is 0.0221. The molecule has 0 heterocycles. The molecule has 0 bridgehead atoms. The molecular formula is C22H24FNO4. The number of methoxy groups -OCH3 is 1. The fourth-order valence-corrected chi connectivity index (χ4v) is 3.40.